The SMILES string of the molecule is I.NC(=NCCCCCOC1CCCCC1)N1CCOCC1. The van der Waals surface area contributed by atoms with Crippen LogP contribution in [0.2, 0.25) is 0 Å². The van der Waals surface area contributed by atoms with E-state index in [0.29, 0.717) is 12.1 Å². The second-order valence-electron chi connectivity index (χ2n) is 6.03. The fourth-order valence-electron chi connectivity index (χ4n) is 2.96. The van der Waals surface area contributed by atoms with Crippen molar-refractivity contribution < 1.29 is 9.47 Å². The van der Waals surface area contributed by atoms with Crippen molar-refractivity contribution in [2.75, 3.05) is 39.5 Å². The van der Waals surface area contributed by atoms with E-state index in [-0.39, 0.29) is 24.0 Å². The van der Waals surface area contributed by atoms with E-state index in [0.717, 1.165) is 52.3 Å². The lowest BCUT2D eigenvalue weighted by molar-refractivity contribution is 0.0264. The van der Waals surface area contributed by atoms with Crippen LogP contribution in [0.5, 0.6) is 0 Å². The molecule has 5 nitrogen and oxygen atoms in total. The number of morpholine rings is 1. The van der Waals surface area contributed by atoms with Gasteiger partial charge in [0.2, 0.25) is 0 Å². The summed E-state index contributed by atoms with van der Waals surface area (Å²) in [4.78, 5) is 6.57. The van der Waals surface area contributed by atoms with Crippen LogP contribution in [-0.2, 0) is 9.47 Å². The highest BCUT2D eigenvalue weighted by Crippen LogP contribution is 2.20. The maximum Gasteiger partial charge on any atom is 0.191 e. The van der Waals surface area contributed by atoms with Crippen molar-refractivity contribution in [3.05, 3.63) is 0 Å². The third-order valence-corrected chi connectivity index (χ3v) is 4.32. The molecule has 2 fully saturated rings. The normalized spacial score (nSPS) is 20.7. The fourth-order valence-corrected chi connectivity index (χ4v) is 2.96. The van der Waals surface area contributed by atoms with E-state index in [4.69, 9.17) is 15.2 Å². The smallest absolute Gasteiger partial charge is 0.191 e. The molecule has 2 rings (SSSR count). The second kappa shape index (κ2) is 12.4. The number of guanidine groups is 1. The van der Waals surface area contributed by atoms with Gasteiger partial charge in [0.05, 0.1) is 19.3 Å². The van der Waals surface area contributed by atoms with E-state index < -0.39 is 0 Å². The van der Waals surface area contributed by atoms with Gasteiger partial charge in [0.25, 0.3) is 0 Å². The lowest BCUT2D eigenvalue weighted by Crippen LogP contribution is -2.44. The highest BCUT2D eigenvalue weighted by atomic mass is 127. The number of nitrogens with two attached hydrogens (primary N) is 1. The number of unbranched alkanes of at least 4 members (excludes halogenated alkanes) is 2. The third-order valence-electron chi connectivity index (χ3n) is 4.32. The zero-order chi connectivity index (χ0) is 14.8. The minimum atomic E-state index is 0. The van der Waals surface area contributed by atoms with Gasteiger partial charge in [-0.15, -0.1) is 24.0 Å². The molecule has 0 aromatic carbocycles. The van der Waals surface area contributed by atoms with Crippen LogP contribution >= 0.6 is 24.0 Å². The molecule has 1 heterocycles. The Balaban J connectivity index is 0.00000242. The van der Waals surface area contributed by atoms with Crippen LogP contribution in [0, 0.1) is 0 Å². The van der Waals surface area contributed by atoms with Crippen molar-refractivity contribution in [2.45, 2.75) is 57.5 Å². The average molecular weight is 425 g/mol. The van der Waals surface area contributed by atoms with Crippen LogP contribution in [0.3, 0.4) is 0 Å². The minimum Gasteiger partial charge on any atom is -0.378 e. The Morgan fingerprint density at radius 3 is 2.55 bits per heavy atom. The first-order valence-electron chi connectivity index (χ1n) is 8.60. The Morgan fingerprint density at radius 1 is 1.09 bits per heavy atom. The van der Waals surface area contributed by atoms with Crippen LogP contribution in [0.25, 0.3) is 0 Å². The Bertz CT molecular complexity index is 304. The van der Waals surface area contributed by atoms with Gasteiger partial charge in [-0.25, -0.2) is 0 Å². The first-order valence-corrected chi connectivity index (χ1v) is 8.60. The molecule has 0 radical (unpaired) electrons. The summed E-state index contributed by atoms with van der Waals surface area (Å²) in [7, 11) is 0. The number of rotatable bonds is 7. The predicted octanol–water partition coefficient (Wildman–Crippen LogP) is 2.77. The van der Waals surface area contributed by atoms with Gasteiger partial charge in [-0.05, 0) is 32.1 Å². The van der Waals surface area contributed by atoms with Gasteiger partial charge in [0.1, 0.15) is 0 Å². The lowest BCUT2D eigenvalue weighted by atomic mass is 9.98. The second-order valence-corrected chi connectivity index (χ2v) is 6.03. The van der Waals surface area contributed by atoms with Gasteiger partial charge < -0.3 is 20.1 Å². The van der Waals surface area contributed by atoms with Crippen LogP contribution in [0.1, 0.15) is 51.4 Å². The fraction of sp³-hybridized carbons (Fsp3) is 0.938. The maximum atomic E-state index is 5.98. The summed E-state index contributed by atoms with van der Waals surface area (Å²) in [5.41, 5.74) is 5.98. The van der Waals surface area contributed by atoms with Gasteiger partial charge in [-0.3, -0.25) is 4.99 Å². The molecule has 2 N–H and O–H groups in total. The van der Waals surface area contributed by atoms with Gasteiger partial charge in [-0.2, -0.15) is 0 Å². The van der Waals surface area contributed by atoms with Gasteiger partial charge in [-0.1, -0.05) is 19.3 Å². The number of halogens is 1. The van der Waals surface area contributed by atoms with Crippen LogP contribution < -0.4 is 5.73 Å². The zero-order valence-corrected chi connectivity index (χ0v) is 16.0. The molecule has 0 bridgehead atoms. The molecule has 1 saturated heterocycles. The Hall–Kier alpha value is -0.0800. The lowest BCUT2D eigenvalue weighted by Gasteiger charge is -2.27. The minimum absolute atomic E-state index is 0. The van der Waals surface area contributed by atoms with E-state index >= 15 is 0 Å². The largest absolute Gasteiger partial charge is 0.378 e. The number of hydrogen-bond acceptors (Lipinski definition) is 3. The molecule has 2 aliphatic rings. The van der Waals surface area contributed by atoms with E-state index in [1.165, 1.54) is 38.5 Å². The summed E-state index contributed by atoms with van der Waals surface area (Å²) < 4.78 is 11.2. The average Bonchev–Trinajstić information content (AvgIpc) is 2.55. The zero-order valence-electron chi connectivity index (χ0n) is 13.7. The summed E-state index contributed by atoms with van der Waals surface area (Å²) in [6.07, 6.45) is 10.6. The molecular weight excluding hydrogens is 393 g/mol. The number of nitrogens with zero attached hydrogens (tertiary/aromatic N) is 2. The summed E-state index contributed by atoms with van der Waals surface area (Å²) in [6, 6.07) is 0. The van der Waals surface area contributed by atoms with Crippen molar-refractivity contribution in [3.63, 3.8) is 0 Å². The van der Waals surface area contributed by atoms with E-state index in [1.54, 1.807) is 0 Å². The molecule has 0 aromatic heterocycles. The summed E-state index contributed by atoms with van der Waals surface area (Å²) in [5, 5.41) is 0. The highest BCUT2D eigenvalue weighted by molar-refractivity contribution is 14.0. The summed E-state index contributed by atoms with van der Waals surface area (Å²) in [5.74, 6) is 0.678. The maximum absolute atomic E-state index is 5.98. The number of aliphatic imine (C=N–C) groups is 1. The molecule has 1 aliphatic heterocycles. The molecule has 0 amide bonds. The molecule has 6 heteroatoms. The van der Waals surface area contributed by atoms with Crippen LogP contribution in [0.4, 0.5) is 0 Å². The van der Waals surface area contributed by atoms with Crippen molar-refractivity contribution >= 4 is 29.9 Å². The van der Waals surface area contributed by atoms with Gasteiger partial charge in [0.15, 0.2) is 5.96 Å². The van der Waals surface area contributed by atoms with E-state index in [9.17, 15) is 0 Å². The first-order chi connectivity index (χ1) is 10.4. The van der Waals surface area contributed by atoms with Crippen LogP contribution in [0.15, 0.2) is 4.99 Å². The van der Waals surface area contributed by atoms with Crippen LogP contribution in [-0.4, -0.2) is 56.4 Å². The molecule has 0 atom stereocenters. The van der Waals surface area contributed by atoms with Crippen molar-refractivity contribution in [1.82, 2.24) is 4.90 Å². The summed E-state index contributed by atoms with van der Waals surface area (Å²) in [6.45, 7) is 4.98. The molecule has 0 aromatic rings. The highest BCUT2D eigenvalue weighted by Gasteiger charge is 2.13. The monoisotopic (exact) mass is 425 g/mol. The van der Waals surface area contributed by atoms with Gasteiger partial charge in [0, 0.05) is 26.2 Å². The quantitative estimate of drug-likeness (QED) is 0.295. The van der Waals surface area contributed by atoms with Crippen molar-refractivity contribution in [2.24, 2.45) is 10.7 Å². The topological polar surface area (TPSA) is 60.1 Å². The number of hydrogen-bond donors (Lipinski definition) is 1. The molecule has 0 spiro atoms. The standard InChI is InChI=1S/C16H31N3O2.HI/c17-16(19-10-13-20-14-11-19)18-9-5-2-6-12-21-15-7-3-1-4-8-15;/h15H,1-14H2,(H2,17,18);1H. The summed E-state index contributed by atoms with van der Waals surface area (Å²) >= 11 is 0. The number of ether oxygens (including phenoxy) is 2. The van der Waals surface area contributed by atoms with Gasteiger partial charge >= 0.3 is 0 Å². The molecule has 22 heavy (non-hydrogen) atoms. The predicted molar refractivity (Wildman–Crippen MR) is 101 cm³/mol. The Labute approximate surface area is 152 Å². The molecule has 1 aliphatic carbocycles. The Kier molecular flexibility index (Phi) is 11.2. The molecule has 1 saturated carbocycles. The molecule has 0 unspecified atom stereocenters. The molecular formula is C16H32IN3O2. The van der Waals surface area contributed by atoms with E-state index in [2.05, 4.69) is 9.89 Å². The Morgan fingerprint density at radius 2 is 1.82 bits per heavy atom. The van der Waals surface area contributed by atoms with E-state index in [1.807, 2.05) is 0 Å². The first kappa shape index (κ1) is 20.0. The van der Waals surface area contributed by atoms with Crippen molar-refractivity contribution in [1.29, 1.82) is 0 Å². The molecule has 130 valence electrons. The van der Waals surface area contributed by atoms with Crippen molar-refractivity contribution in [3.8, 4) is 0 Å². The third kappa shape index (κ3) is 7.97.